The second-order valence-corrected chi connectivity index (χ2v) is 7.25. The molecule has 0 bridgehead atoms. The molecule has 0 aliphatic heterocycles. The topological polar surface area (TPSA) is 27.7 Å². The van der Waals surface area contributed by atoms with E-state index in [1.165, 1.54) is 11.1 Å². The zero-order valence-corrected chi connectivity index (χ0v) is 17.2. The predicted octanol–water partition coefficient (Wildman–Crippen LogP) is 6.40. The van der Waals surface area contributed by atoms with Crippen molar-refractivity contribution in [3.05, 3.63) is 65.7 Å². The summed E-state index contributed by atoms with van der Waals surface area (Å²) in [5.74, 6) is 2.61. The van der Waals surface area contributed by atoms with E-state index in [0.717, 1.165) is 17.1 Å². The molecule has 0 fully saturated rings. The Hall–Kier alpha value is -2.26. The molecule has 0 aliphatic carbocycles. The molecule has 0 spiro atoms. The summed E-state index contributed by atoms with van der Waals surface area (Å²) in [5.41, 5.74) is 3.55. The van der Waals surface area contributed by atoms with Gasteiger partial charge in [-0.1, -0.05) is 70.7 Å². The highest BCUT2D eigenvalue weighted by Gasteiger charge is 2.15. The fourth-order valence-electron chi connectivity index (χ4n) is 2.92. The first-order valence-corrected chi connectivity index (χ1v) is 9.68. The first-order chi connectivity index (χ1) is 12.9. The van der Waals surface area contributed by atoms with Gasteiger partial charge in [0.1, 0.15) is 18.1 Å². The minimum atomic E-state index is -0.340. The Labute approximate surface area is 164 Å². The molecule has 0 heterocycles. The molecule has 3 nitrogen and oxygen atoms in total. The molecular formula is C24H32O3. The van der Waals surface area contributed by atoms with E-state index in [-0.39, 0.29) is 6.29 Å². The highest BCUT2D eigenvalue weighted by Crippen LogP contribution is 2.34. The zero-order chi connectivity index (χ0) is 19.8. The van der Waals surface area contributed by atoms with Crippen LogP contribution < -0.4 is 9.47 Å². The molecule has 0 radical (unpaired) electrons. The molecule has 27 heavy (non-hydrogen) atoms. The van der Waals surface area contributed by atoms with Crippen LogP contribution in [-0.4, -0.2) is 19.5 Å². The lowest BCUT2D eigenvalue weighted by atomic mass is 9.94. The van der Waals surface area contributed by atoms with Crippen LogP contribution in [0, 0.1) is 0 Å². The van der Waals surface area contributed by atoms with Gasteiger partial charge in [0.15, 0.2) is 6.29 Å². The molecule has 0 amide bonds. The van der Waals surface area contributed by atoms with E-state index in [0.29, 0.717) is 25.0 Å². The fourth-order valence-corrected chi connectivity index (χ4v) is 2.92. The molecule has 0 aliphatic rings. The molecule has 0 saturated carbocycles. The summed E-state index contributed by atoms with van der Waals surface area (Å²) in [6.07, 6.45) is 1.47. The Morgan fingerprint density at radius 1 is 0.852 bits per heavy atom. The van der Waals surface area contributed by atoms with Crippen LogP contribution in [-0.2, 0) is 4.74 Å². The maximum absolute atomic E-state index is 6.13. The van der Waals surface area contributed by atoms with Crippen LogP contribution in [0.25, 0.3) is 6.08 Å². The molecule has 146 valence electrons. The van der Waals surface area contributed by atoms with E-state index in [9.17, 15) is 0 Å². The van der Waals surface area contributed by atoms with Gasteiger partial charge in [0, 0.05) is 0 Å². The molecule has 2 aromatic rings. The molecule has 2 rings (SSSR count). The Kier molecular flexibility index (Phi) is 7.93. The van der Waals surface area contributed by atoms with Crippen LogP contribution in [0.4, 0.5) is 0 Å². The lowest BCUT2D eigenvalue weighted by Crippen LogP contribution is -2.20. The van der Waals surface area contributed by atoms with Crippen molar-refractivity contribution in [1.82, 2.24) is 0 Å². The van der Waals surface area contributed by atoms with Crippen molar-refractivity contribution >= 4 is 6.08 Å². The van der Waals surface area contributed by atoms with E-state index < -0.39 is 0 Å². The van der Waals surface area contributed by atoms with Gasteiger partial charge in [0.05, 0.1) is 6.61 Å². The third-order valence-corrected chi connectivity index (χ3v) is 4.42. The third kappa shape index (κ3) is 6.14. The standard InChI is InChI=1S/C24H32O3/c1-7-20-11-13-21(14-12-20)27-19(6)25-15-16-26-24-22(17(2)3)9-8-10-23(24)18(4)5/h7-14,17-19H,1,15-16H2,2-6H3. The molecule has 1 atom stereocenters. The van der Waals surface area contributed by atoms with Gasteiger partial charge in [0.2, 0.25) is 0 Å². The normalized spacial score (nSPS) is 12.3. The zero-order valence-electron chi connectivity index (χ0n) is 17.2. The minimum Gasteiger partial charge on any atom is -0.491 e. The SMILES string of the molecule is C=Cc1ccc(OC(C)OCCOc2c(C(C)C)cccc2C(C)C)cc1. The van der Waals surface area contributed by atoms with Crippen molar-refractivity contribution in [3.8, 4) is 11.5 Å². The number of rotatable bonds is 10. The summed E-state index contributed by atoms with van der Waals surface area (Å²) < 4.78 is 17.7. The monoisotopic (exact) mass is 368 g/mol. The van der Waals surface area contributed by atoms with Crippen LogP contribution in [0.15, 0.2) is 49.0 Å². The highest BCUT2D eigenvalue weighted by molar-refractivity contribution is 5.48. The summed E-state index contributed by atoms with van der Waals surface area (Å²) in [4.78, 5) is 0. The van der Waals surface area contributed by atoms with Gasteiger partial charge in [-0.3, -0.25) is 0 Å². The summed E-state index contributed by atoms with van der Waals surface area (Å²) in [5, 5.41) is 0. The maximum atomic E-state index is 6.13. The van der Waals surface area contributed by atoms with Gasteiger partial charge in [-0.25, -0.2) is 0 Å². The fraction of sp³-hybridized carbons (Fsp3) is 0.417. The van der Waals surface area contributed by atoms with E-state index in [1.807, 2.05) is 37.3 Å². The maximum Gasteiger partial charge on any atom is 0.197 e. The molecule has 2 aromatic carbocycles. The van der Waals surface area contributed by atoms with Crippen LogP contribution in [0.2, 0.25) is 0 Å². The van der Waals surface area contributed by atoms with Crippen LogP contribution in [0.1, 0.15) is 63.1 Å². The molecule has 0 aromatic heterocycles. The van der Waals surface area contributed by atoms with Crippen molar-refractivity contribution in [2.45, 2.75) is 52.7 Å². The minimum absolute atomic E-state index is 0.340. The molecule has 3 heteroatoms. The Morgan fingerprint density at radius 3 is 1.96 bits per heavy atom. The Balaban J connectivity index is 1.88. The predicted molar refractivity (Wildman–Crippen MR) is 113 cm³/mol. The van der Waals surface area contributed by atoms with Crippen molar-refractivity contribution in [3.63, 3.8) is 0 Å². The quantitative estimate of drug-likeness (QED) is 0.359. The van der Waals surface area contributed by atoms with Gasteiger partial charge >= 0.3 is 0 Å². The average Bonchev–Trinajstić information content (AvgIpc) is 2.65. The van der Waals surface area contributed by atoms with Gasteiger partial charge in [0.25, 0.3) is 0 Å². The largest absolute Gasteiger partial charge is 0.491 e. The second kappa shape index (κ2) is 10.2. The number of hydrogen-bond donors (Lipinski definition) is 0. The summed E-state index contributed by atoms with van der Waals surface area (Å²) in [6.45, 7) is 15.4. The summed E-state index contributed by atoms with van der Waals surface area (Å²) in [6, 6.07) is 14.2. The highest BCUT2D eigenvalue weighted by atomic mass is 16.7. The van der Waals surface area contributed by atoms with Crippen LogP contribution >= 0.6 is 0 Å². The number of para-hydroxylation sites is 1. The molecule has 1 unspecified atom stereocenters. The van der Waals surface area contributed by atoms with Crippen molar-refractivity contribution in [1.29, 1.82) is 0 Å². The average molecular weight is 369 g/mol. The Morgan fingerprint density at radius 2 is 1.44 bits per heavy atom. The lowest BCUT2D eigenvalue weighted by Gasteiger charge is -2.21. The number of benzene rings is 2. The summed E-state index contributed by atoms with van der Waals surface area (Å²) in [7, 11) is 0. The van der Waals surface area contributed by atoms with Crippen molar-refractivity contribution < 1.29 is 14.2 Å². The van der Waals surface area contributed by atoms with E-state index >= 15 is 0 Å². The Bertz CT molecular complexity index is 691. The van der Waals surface area contributed by atoms with Crippen molar-refractivity contribution in [2.24, 2.45) is 0 Å². The van der Waals surface area contributed by atoms with E-state index in [2.05, 4.69) is 52.5 Å². The molecular weight excluding hydrogens is 336 g/mol. The van der Waals surface area contributed by atoms with E-state index in [4.69, 9.17) is 14.2 Å². The van der Waals surface area contributed by atoms with Gasteiger partial charge in [-0.05, 0) is 47.6 Å². The molecule has 0 saturated heterocycles. The van der Waals surface area contributed by atoms with Crippen LogP contribution in [0.5, 0.6) is 11.5 Å². The van der Waals surface area contributed by atoms with Gasteiger partial charge in [-0.2, -0.15) is 0 Å². The first-order valence-electron chi connectivity index (χ1n) is 9.68. The smallest absolute Gasteiger partial charge is 0.197 e. The first kappa shape index (κ1) is 21.0. The van der Waals surface area contributed by atoms with E-state index in [1.54, 1.807) is 0 Å². The van der Waals surface area contributed by atoms with Crippen molar-refractivity contribution in [2.75, 3.05) is 13.2 Å². The molecule has 0 N–H and O–H groups in total. The van der Waals surface area contributed by atoms with Gasteiger partial charge in [-0.15, -0.1) is 0 Å². The number of hydrogen-bond acceptors (Lipinski definition) is 3. The second-order valence-electron chi connectivity index (χ2n) is 7.25. The number of ether oxygens (including phenoxy) is 3. The van der Waals surface area contributed by atoms with Gasteiger partial charge < -0.3 is 14.2 Å². The third-order valence-electron chi connectivity index (χ3n) is 4.42. The van der Waals surface area contributed by atoms with Crippen LogP contribution in [0.3, 0.4) is 0 Å². The summed E-state index contributed by atoms with van der Waals surface area (Å²) >= 11 is 0. The lowest BCUT2D eigenvalue weighted by molar-refractivity contribution is -0.0740.